The van der Waals surface area contributed by atoms with Gasteiger partial charge < -0.3 is 20.4 Å². The predicted molar refractivity (Wildman–Crippen MR) is 99.1 cm³/mol. The van der Waals surface area contributed by atoms with Gasteiger partial charge in [0.2, 0.25) is 0 Å². The minimum absolute atomic E-state index is 0.0292. The van der Waals surface area contributed by atoms with Gasteiger partial charge in [-0.2, -0.15) is 13.2 Å². The molecule has 0 bridgehead atoms. The summed E-state index contributed by atoms with van der Waals surface area (Å²) >= 11 is 0. The first-order valence-electron chi connectivity index (χ1n) is 9.52. The Hall–Kier alpha value is -2.13. The number of carbonyl (C=O) groups is 2. The van der Waals surface area contributed by atoms with Gasteiger partial charge in [-0.25, -0.2) is 0 Å². The summed E-state index contributed by atoms with van der Waals surface area (Å²) in [5.74, 6) is -0.197. The minimum atomic E-state index is -4.39. The molecule has 0 unspecified atom stereocenters. The molecule has 0 spiro atoms. The van der Waals surface area contributed by atoms with Gasteiger partial charge in [-0.15, -0.1) is 0 Å². The highest BCUT2D eigenvalue weighted by molar-refractivity contribution is 5.93. The number of piperazine rings is 1. The van der Waals surface area contributed by atoms with Crippen molar-refractivity contribution in [3.05, 3.63) is 29.8 Å². The number of benzene rings is 1. The maximum absolute atomic E-state index is 12.6. The molecule has 0 radical (unpaired) electrons. The van der Waals surface area contributed by atoms with Gasteiger partial charge in [0.25, 0.3) is 11.8 Å². The van der Waals surface area contributed by atoms with Crippen molar-refractivity contribution in [2.45, 2.75) is 39.0 Å². The van der Waals surface area contributed by atoms with E-state index in [9.17, 15) is 22.8 Å². The summed E-state index contributed by atoms with van der Waals surface area (Å²) in [5.41, 5.74) is -0.399. The highest BCUT2D eigenvalue weighted by atomic mass is 19.4. The second-order valence-electron chi connectivity index (χ2n) is 7.59. The smallest absolute Gasteiger partial charge is 0.349 e. The molecular weight excluding hydrogens is 373 g/mol. The summed E-state index contributed by atoms with van der Waals surface area (Å²) in [7, 11) is 0. The van der Waals surface area contributed by atoms with Crippen molar-refractivity contribution < 1.29 is 32.6 Å². The molecule has 1 aliphatic rings. The Morgan fingerprint density at radius 3 is 2.11 bits per heavy atom. The number of carbonyl (C=O) groups excluding carboxylic acids is 2. The summed E-state index contributed by atoms with van der Waals surface area (Å²) in [6.07, 6.45) is -4.39. The number of nitrogens with one attached hydrogen (secondary N) is 4. The van der Waals surface area contributed by atoms with Crippen molar-refractivity contribution >= 4 is 17.5 Å². The van der Waals surface area contributed by atoms with Crippen LogP contribution in [0.25, 0.3) is 0 Å². The minimum Gasteiger partial charge on any atom is -0.349 e. The molecule has 1 saturated heterocycles. The largest absolute Gasteiger partial charge is 0.416 e. The Morgan fingerprint density at radius 2 is 1.61 bits per heavy atom. The van der Waals surface area contributed by atoms with E-state index in [-0.39, 0.29) is 23.9 Å². The highest BCUT2D eigenvalue weighted by Crippen LogP contribution is 2.29. The Bertz CT molecular complexity index is 669. The summed E-state index contributed by atoms with van der Waals surface area (Å²) in [6.45, 7) is 9.18. The van der Waals surface area contributed by atoms with Gasteiger partial charge in [0, 0.05) is 11.7 Å². The summed E-state index contributed by atoms with van der Waals surface area (Å²) in [6, 6.07) is 4.23. The fourth-order valence-corrected chi connectivity index (χ4v) is 3.31. The molecule has 0 saturated carbocycles. The van der Waals surface area contributed by atoms with Crippen LogP contribution >= 0.6 is 0 Å². The summed E-state index contributed by atoms with van der Waals surface area (Å²) in [4.78, 5) is 26.6. The van der Waals surface area contributed by atoms with E-state index in [0.717, 1.165) is 43.2 Å². The van der Waals surface area contributed by atoms with Crippen LogP contribution in [0.2, 0.25) is 0 Å². The molecule has 0 aliphatic carbocycles. The maximum Gasteiger partial charge on any atom is 0.416 e. The number of rotatable bonds is 6. The lowest BCUT2D eigenvalue weighted by atomic mass is 10.1. The quantitative estimate of drug-likeness (QED) is 0.511. The third-order valence-corrected chi connectivity index (χ3v) is 4.94. The molecule has 0 aromatic heterocycles. The molecule has 4 N–H and O–H groups in total. The second kappa shape index (κ2) is 9.38. The Labute approximate surface area is 163 Å². The Morgan fingerprint density at radius 1 is 1.04 bits per heavy atom. The molecule has 1 aliphatic heterocycles. The van der Waals surface area contributed by atoms with Crippen LogP contribution in [0, 0.1) is 0 Å². The third kappa shape index (κ3) is 6.49. The lowest BCUT2D eigenvalue weighted by Crippen LogP contribution is -3.30. The van der Waals surface area contributed by atoms with Crippen LogP contribution in [0.1, 0.15) is 26.3 Å². The van der Waals surface area contributed by atoms with Crippen LogP contribution in [0.15, 0.2) is 24.3 Å². The van der Waals surface area contributed by atoms with Gasteiger partial charge >= 0.3 is 6.18 Å². The molecule has 2 rings (SSSR count). The predicted octanol–water partition coefficient (Wildman–Crippen LogP) is -0.660. The molecule has 1 aromatic carbocycles. The molecular formula is C19H29F3N4O2+2. The van der Waals surface area contributed by atoms with Gasteiger partial charge in [0.1, 0.15) is 26.2 Å². The van der Waals surface area contributed by atoms with E-state index in [4.69, 9.17) is 0 Å². The first-order chi connectivity index (χ1) is 13.1. The van der Waals surface area contributed by atoms with Crippen LogP contribution in [0.5, 0.6) is 0 Å². The van der Waals surface area contributed by atoms with E-state index >= 15 is 0 Å². The van der Waals surface area contributed by atoms with Gasteiger partial charge in [-0.1, -0.05) is 0 Å². The maximum atomic E-state index is 12.6. The molecule has 1 fully saturated rings. The summed E-state index contributed by atoms with van der Waals surface area (Å²) in [5, 5.41) is 5.57. The summed E-state index contributed by atoms with van der Waals surface area (Å²) < 4.78 is 37.8. The number of amides is 2. The van der Waals surface area contributed by atoms with E-state index in [1.165, 1.54) is 17.0 Å². The normalized spacial score (nSPS) is 21.2. The van der Waals surface area contributed by atoms with E-state index in [1.54, 1.807) is 0 Å². The van der Waals surface area contributed by atoms with E-state index in [2.05, 4.69) is 10.6 Å². The van der Waals surface area contributed by atoms with E-state index in [1.807, 2.05) is 20.8 Å². The highest BCUT2D eigenvalue weighted by Gasteiger charge is 2.32. The zero-order chi connectivity index (χ0) is 20.9. The standard InChI is InChI=1S/C19H27F3N4O2/c1-13(2)23-17(27)12-25-8-10-26(11-9-25)14(3)18(28)24-16-6-4-15(5-7-16)19(20,21)22/h4-7,13-14H,8-12H2,1-3H3,(H,23,27)(H,24,28)/p+2/t14-/m0/s1. The third-order valence-electron chi connectivity index (χ3n) is 4.94. The van der Waals surface area contributed by atoms with Crippen molar-refractivity contribution in [2.24, 2.45) is 0 Å². The molecule has 9 heteroatoms. The molecule has 1 aromatic rings. The lowest BCUT2D eigenvalue weighted by Gasteiger charge is -2.32. The number of anilines is 1. The van der Waals surface area contributed by atoms with Crippen LogP contribution in [0.4, 0.5) is 18.9 Å². The monoisotopic (exact) mass is 402 g/mol. The zero-order valence-corrected chi connectivity index (χ0v) is 16.5. The van der Waals surface area contributed by atoms with Crippen molar-refractivity contribution in [1.29, 1.82) is 0 Å². The van der Waals surface area contributed by atoms with E-state index in [0.29, 0.717) is 12.2 Å². The van der Waals surface area contributed by atoms with Crippen LogP contribution in [-0.2, 0) is 15.8 Å². The topological polar surface area (TPSA) is 67.1 Å². The fourth-order valence-electron chi connectivity index (χ4n) is 3.31. The Kier molecular flexibility index (Phi) is 7.42. The molecule has 156 valence electrons. The van der Waals surface area contributed by atoms with Crippen LogP contribution in [-0.4, -0.2) is 56.6 Å². The second-order valence-corrected chi connectivity index (χ2v) is 7.59. The fraction of sp³-hybridized carbons (Fsp3) is 0.579. The van der Waals surface area contributed by atoms with Crippen molar-refractivity contribution in [3.8, 4) is 0 Å². The van der Waals surface area contributed by atoms with Crippen molar-refractivity contribution in [2.75, 3.05) is 38.0 Å². The number of alkyl halides is 3. The molecule has 2 amide bonds. The average Bonchev–Trinajstić information content (AvgIpc) is 2.60. The molecule has 1 heterocycles. The first kappa shape index (κ1) is 22.2. The van der Waals surface area contributed by atoms with Crippen molar-refractivity contribution in [1.82, 2.24) is 5.32 Å². The van der Waals surface area contributed by atoms with Gasteiger partial charge in [0.15, 0.2) is 12.6 Å². The molecule has 28 heavy (non-hydrogen) atoms. The first-order valence-corrected chi connectivity index (χ1v) is 9.52. The van der Waals surface area contributed by atoms with Crippen LogP contribution < -0.4 is 20.4 Å². The SMILES string of the molecule is CC(C)NC(=O)C[NH+]1CC[NH+]([C@@H](C)C(=O)Nc2ccc(C(F)(F)F)cc2)CC1. The Balaban J connectivity index is 1.82. The van der Waals surface area contributed by atoms with Gasteiger partial charge in [-0.3, -0.25) is 9.59 Å². The van der Waals surface area contributed by atoms with Gasteiger partial charge in [-0.05, 0) is 45.0 Å². The number of hydrogen-bond donors (Lipinski definition) is 4. The average molecular weight is 402 g/mol. The van der Waals surface area contributed by atoms with E-state index < -0.39 is 11.7 Å². The number of quaternary nitrogens is 2. The molecule has 6 nitrogen and oxygen atoms in total. The number of hydrogen-bond acceptors (Lipinski definition) is 2. The lowest BCUT2D eigenvalue weighted by molar-refractivity contribution is -1.01. The van der Waals surface area contributed by atoms with Crippen LogP contribution in [0.3, 0.4) is 0 Å². The number of halogens is 3. The zero-order valence-electron chi connectivity index (χ0n) is 16.5. The van der Waals surface area contributed by atoms with Crippen molar-refractivity contribution in [3.63, 3.8) is 0 Å². The van der Waals surface area contributed by atoms with Gasteiger partial charge in [0.05, 0.1) is 5.56 Å². The molecule has 1 atom stereocenters.